The maximum atomic E-state index is 3.63. The van der Waals surface area contributed by atoms with E-state index in [0.29, 0.717) is 12.0 Å². The first kappa shape index (κ1) is 15.2. The highest BCUT2D eigenvalue weighted by molar-refractivity contribution is 5.25. The van der Waals surface area contributed by atoms with Crippen LogP contribution in [0.4, 0.5) is 0 Å². The average molecular weight is 247 g/mol. The van der Waals surface area contributed by atoms with Crippen molar-refractivity contribution in [3.63, 3.8) is 0 Å². The number of aryl methyl sites for hydroxylation is 1. The molecule has 0 heterocycles. The van der Waals surface area contributed by atoms with Crippen LogP contribution in [0.25, 0.3) is 0 Å². The zero-order valence-electron chi connectivity index (χ0n) is 12.5. The van der Waals surface area contributed by atoms with E-state index in [9.17, 15) is 0 Å². The first-order chi connectivity index (χ1) is 8.72. The molecule has 1 heteroatoms. The molecule has 0 spiro atoms. The van der Waals surface area contributed by atoms with Gasteiger partial charge in [0.15, 0.2) is 0 Å². The van der Waals surface area contributed by atoms with Gasteiger partial charge in [-0.1, -0.05) is 64.8 Å². The summed E-state index contributed by atoms with van der Waals surface area (Å²) < 4.78 is 0. The van der Waals surface area contributed by atoms with Gasteiger partial charge in [0.25, 0.3) is 0 Å². The summed E-state index contributed by atoms with van der Waals surface area (Å²) in [6.07, 6.45) is 4.96. The van der Waals surface area contributed by atoms with Gasteiger partial charge in [0, 0.05) is 6.04 Å². The predicted molar refractivity (Wildman–Crippen MR) is 80.9 cm³/mol. The third-order valence-corrected chi connectivity index (χ3v) is 3.61. The summed E-state index contributed by atoms with van der Waals surface area (Å²) in [4.78, 5) is 0. The Morgan fingerprint density at radius 2 is 1.67 bits per heavy atom. The Bertz CT molecular complexity index is 315. The van der Waals surface area contributed by atoms with Gasteiger partial charge < -0.3 is 5.32 Å². The molecule has 0 aromatic heterocycles. The highest BCUT2D eigenvalue weighted by Gasteiger charge is 2.17. The fraction of sp³-hybridized carbons (Fsp3) is 0.647. The van der Waals surface area contributed by atoms with Crippen molar-refractivity contribution in [2.24, 2.45) is 5.92 Å². The number of rotatable bonds is 8. The maximum absolute atomic E-state index is 3.63. The molecule has 0 saturated heterocycles. The minimum Gasteiger partial charge on any atom is -0.310 e. The van der Waals surface area contributed by atoms with Crippen LogP contribution in [0.5, 0.6) is 0 Å². The van der Waals surface area contributed by atoms with E-state index in [0.717, 1.165) is 6.54 Å². The van der Waals surface area contributed by atoms with E-state index >= 15 is 0 Å². The molecule has 2 atom stereocenters. The fourth-order valence-electron chi connectivity index (χ4n) is 2.67. The maximum Gasteiger partial charge on any atom is 0.0345 e. The van der Waals surface area contributed by atoms with E-state index < -0.39 is 0 Å². The zero-order chi connectivity index (χ0) is 13.4. The fourth-order valence-corrected chi connectivity index (χ4v) is 2.67. The van der Waals surface area contributed by atoms with Crippen LogP contribution in [0.15, 0.2) is 24.3 Å². The average Bonchev–Trinajstić information content (AvgIpc) is 2.38. The van der Waals surface area contributed by atoms with Crippen molar-refractivity contribution in [2.45, 2.75) is 59.4 Å². The van der Waals surface area contributed by atoms with Crippen LogP contribution in [-0.2, 0) is 6.42 Å². The normalized spacial score (nSPS) is 14.4. The molecule has 1 rings (SSSR count). The lowest BCUT2D eigenvalue weighted by Gasteiger charge is -2.25. The third kappa shape index (κ3) is 4.45. The first-order valence-electron chi connectivity index (χ1n) is 7.55. The van der Waals surface area contributed by atoms with Gasteiger partial charge in [0.1, 0.15) is 0 Å². The molecule has 1 aromatic rings. The summed E-state index contributed by atoms with van der Waals surface area (Å²) in [5.74, 6) is 0.701. The van der Waals surface area contributed by atoms with Gasteiger partial charge in [-0.15, -0.1) is 0 Å². The summed E-state index contributed by atoms with van der Waals surface area (Å²) in [7, 11) is 0. The van der Waals surface area contributed by atoms with E-state index in [1.54, 1.807) is 0 Å². The topological polar surface area (TPSA) is 12.0 Å². The van der Waals surface area contributed by atoms with Crippen molar-refractivity contribution in [1.29, 1.82) is 0 Å². The molecule has 0 aliphatic heterocycles. The van der Waals surface area contributed by atoms with E-state index in [1.807, 2.05) is 0 Å². The van der Waals surface area contributed by atoms with Gasteiger partial charge in [-0.3, -0.25) is 0 Å². The molecule has 0 bridgehead atoms. The lowest BCUT2D eigenvalue weighted by molar-refractivity contribution is 0.369. The third-order valence-electron chi connectivity index (χ3n) is 3.61. The van der Waals surface area contributed by atoms with Gasteiger partial charge in [-0.05, 0) is 36.4 Å². The quantitative estimate of drug-likeness (QED) is 0.700. The van der Waals surface area contributed by atoms with Crippen LogP contribution in [0.1, 0.15) is 64.1 Å². The van der Waals surface area contributed by atoms with Gasteiger partial charge in [-0.2, -0.15) is 0 Å². The molecule has 2 unspecified atom stereocenters. The molecule has 0 fully saturated rings. The molecule has 0 aliphatic carbocycles. The van der Waals surface area contributed by atoms with Crippen molar-refractivity contribution in [3.05, 3.63) is 35.4 Å². The van der Waals surface area contributed by atoms with E-state index in [2.05, 4.69) is 57.3 Å². The highest BCUT2D eigenvalue weighted by atomic mass is 14.9. The van der Waals surface area contributed by atoms with Gasteiger partial charge >= 0.3 is 0 Å². The van der Waals surface area contributed by atoms with Crippen molar-refractivity contribution < 1.29 is 0 Å². The Balaban J connectivity index is 2.78. The van der Waals surface area contributed by atoms with Crippen molar-refractivity contribution in [3.8, 4) is 0 Å². The molecular formula is C17H29N. The summed E-state index contributed by atoms with van der Waals surface area (Å²) in [6, 6.07) is 9.71. The second kappa shape index (κ2) is 8.31. The largest absolute Gasteiger partial charge is 0.310 e. The molecule has 0 aliphatic rings. The summed E-state index contributed by atoms with van der Waals surface area (Å²) in [5.41, 5.74) is 2.90. The molecular weight excluding hydrogens is 218 g/mol. The highest BCUT2D eigenvalue weighted by Crippen LogP contribution is 2.25. The van der Waals surface area contributed by atoms with Crippen molar-refractivity contribution in [2.75, 3.05) is 6.54 Å². The first-order valence-corrected chi connectivity index (χ1v) is 7.55. The zero-order valence-corrected chi connectivity index (χ0v) is 12.5. The molecule has 1 nitrogen and oxygen atoms in total. The molecule has 102 valence electrons. The van der Waals surface area contributed by atoms with Gasteiger partial charge in [0.2, 0.25) is 0 Å². The summed E-state index contributed by atoms with van der Waals surface area (Å²) in [6.45, 7) is 10.1. The Kier molecular flexibility index (Phi) is 7.04. The molecule has 0 amide bonds. The van der Waals surface area contributed by atoms with Gasteiger partial charge in [0.05, 0.1) is 0 Å². The van der Waals surface area contributed by atoms with Crippen LogP contribution in [0.3, 0.4) is 0 Å². The van der Waals surface area contributed by atoms with Gasteiger partial charge in [-0.25, -0.2) is 0 Å². The second-order valence-corrected chi connectivity index (χ2v) is 5.29. The van der Waals surface area contributed by atoms with Crippen molar-refractivity contribution >= 4 is 0 Å². The predicted octanol–water partition coefficient (Wildman–Crippen LogP) is 4.73. The van der Waals surface area contributed by atoms with Crippen LogP contribution < -0.4 is 5.32 Å². The summed E-state index contributed by atoms with van der Waals surface area (Å²) in [5, 5.41) is 3.63. The van der Waals surface area contributed by atoms with E-state index in [-0.39, 0.29) is 0 Å². The minimum absolute atomic E-state index is 0.505. The smallest absolute Gasteiger partial charge is 0.0345 e. The number of nitrogens with one attached hydrogen (secondary N) is 1. The van der Waals surface area contributed by atoms with Crippen molar-refractivity contribution in [1.82, 2.24) is 5.32 Å². The Morgan fingerprint density at radius 1 is 1.00 bits per heavy atom. The van der Waals surface area contributed by atoms with Crippen LogP contribution in [0, 0.1) is 5.92 Å². The lowest BCUT2D eigenvalue weighted by atomic mass is 9.90. The monoisotopic (exact) mass is 247 g/mol. The molecule has 0 saturated carbocycles. The molecule has 1 N–H and O–H groups in total. The molecule has 18 heavy (non-hydrogen) atoms. The SMILES string of the molecule is CCCc1ccc(C(NCC)C(C)CCC)cc1. The standard InChI is InChI=1S/C17H29N/c1-5-8-14(4)17(18-7-3)16-12-10-15(9-6-2)11-13-16/h10-14,17-18H,5-9H2,1-4H3. The summed E-state index contributed by atoms with van der Waals surface area (Å²) >= 11 is 0. The van der Waals surface area contributed by atoms with E-state index in [4.69, 9.17) is 0 Å². The number of benzene rings is 1. The minimum atomic E-state index is 0.505. The number of hydrogen-bond donors (Lipinski definition) is 1. The van der Waals surface area contributed by atoms with Crippen LogP contribution in [-0.4, -0.2) is 6.54 Å². The van der Waals surface area contributed by atoms with Crippen LogP contribution in [0.2, 0.25) is 0 Å². The number of hydrogen-bond acceptors (Lipinski definition) is 1. The Morgan fingerprint density at radius 3 is 2.17 bits per heavy atom. The molecule has 1 aromatic carbocycles. The van der Waals surface area contributed by atoms with Crippen LogP contribution >= 0.6 is 0 Å². The second-order valence-electron chi connectivity index (χ2n) is 5.29. The molecule has 0 radical (unpaired) electrons. The van der Waals surface area contributed by atoms with E-state index in [1.165, 1.54) is 36.8 Å². The Labute approximate surface area is 113 Å². The lowest BCUT2D eigenvalue weighted by Crippen LogP contribution is -2.26. The Hall–Kier alpha value is -0.820.